The van der Waals surface area contributed by atoms with E-state index in [0.717, 1.165) is 16.3 Å². The quantitative estimate of drug-likeness (QED) is 0.368. The van der Waals surface area contributed by atoms with Crippen LogP contribution < -0.4 is 11.1 Å². The van der Waals surface area contributed by atoms with Gasteiger partial charge in [-0.05, 0) is 28.8 Å². The maximum absolute atomic E-state index is 12.0. The number of hydrogen-bond acceptors (Lipinski definition) is 3. The summed E-state index contributed by atoms with van der Waals surface area (Å²) >= 11 is 0. The van der Waals surface area contributed by atoms with Crippen LogP contribution in [-0.2, 0) is 10.3 Å². The minimum absolute atomic E-state index is 0.254. The molecule has 21 heavy (non-hydrogen) atoms. The van der Waals surface area contributed by atoms with Gasteiger partial charge in [0.05, 0.1) is 0 Å². The molecule has 1 amide bonds. The largest absolute Gasteiger partial charge is 0.368 e. The Kier molecular flexibility index (Phi) is 4.42. The predicted octanol–water partition coefficient (Wildman–Crippen LogP) is 2.44. The van der Waals surface area contributed by atoms with Crippen LogP contribution in [0.5, 0.6) is 0 Å². The Bertz CT molecular complexity index is 703. The van der Waals surface area contributed by atoms with Crippen molar-refractivity contribution in [1.29, 1.82) is 0 Å². The Balaban J connectivity index is 2.44. The molecule has 0 aromatic heterocycles. The van der Waals surface area contributed by atoms with Crippen LogP contribution in [0.25, 0.3) is 21.2 Å². The lowest BCUT2D eigenvalue weighted by Crippen LogP contribution is -2.51. The molecule has 0 spiro atoms. The molecular weight excluding hydrogens is 266 g/mol. The van der Waals surface area contributed by atoms with Gasteiger partial charge in [0, 0.05) is 18.0 Å². The zero-order chi connectivity index (χ0) is 15.3. The molecular formula is C15H17N5O. The topological polar surface area (TPSA) is 104 Å². The number of hydrogen-bond donors (Lipinski definition) is 2. The average Bonchev–Trinajstić information content (AvgIpc) is 2.50. The number of amides is 1. The molecule has 3 N–H and O–H groups in total. The van der Waals surface area contributed by atoms with Crippen LogP contribution in [0.4, 0.5) is 0 Å². The van der Waals surface area contributed by atoms with Gasteiger partial charge in [0.2, 0.25) is 5.91 Å². The smallest absolute Gasteiger partial charge is 0.242 e. The van der Waals surface area contributed by atoms with E-state index in [1.807, 2.05) is 42.5 Å². The molecule has 6 nitrogen and oxygen atoms in total. The zero-order valence-electron chi connectivity index (χ0n) is 11.8. The van der Waals surface area contributed by atoms with Crippen molar-refractivity contribution >= 4 is 16.7 Å². The van der Waals surface area contributed by atoms with Crippen molar-refractivity contribution in [3.05, 3.63) is 58.5 Å². The summed E-state index contributed by atoms with van der Waals surface area (Å²) in [6.45, 7) is 2.37. The lowest BCUT2D eigenvalue weighted by atomic mass is 9.87. The van der Waals surface area contributed by atoms with Gasteiger partial charge in [-0.15, -0.1) is 0 Å². The van der Waals surface area contributed by atoms with Gasteiger partial charge in [0.25, 0.3) is 0 Å². The maximum Gasteiger partial charge on any atom is 0.242 e. The van der Waals surface area contributed by atoms with Gasteiger partial charge in [0.1, 0.15) is 5.54 Å². The third kappa shape index (κ3) is 2.97. The summed E-state index contributed by atoms with van der Waals surface area (Å²) in [6, 6.07) is 13.6. The van der Waals surface area contributed by atoms with Crippen molar-refractivity contribution in [2.75, 3.05) is 13.1 Å². The Hall–Kier alpha value is -2.56. The minimum atomic E-state index is -1.02. The van der Waals surface area contributed by atoms with Gasteiger partial charge < -0.3 is 5.73 Å². The maximum atomic E-state index is 12.0. The Labute approximate surface area is 122 Å². The Morgan fingerprint density at radius 2 is 2.05 bits per heavy atom. The average molecular weight is 283 g/mol. The second-order valence-electron chi connectivity index (χ2n) is 4.90. The van der Waals surface area contributed by atoms with E-state index < -0.39 is 11.4 Å². The number of carbonyl (C=O) groups is 1. The van der Waals surface area contributed by atoms with Crippen molar-refractivity contribution in [2.24, 2.45) is 10.8 Å². The lowest BCUT2D eigenvalue weighted by molar-refractivity contribution is -0.124. The molecule has 2 aromatic carbocycles. The molecule has 0 aliphatic carbocycles. The van der Waals surface area contributed by atoms with Crippen LogP contribution in [0.2, 0.25) is 0 Å². The molecule has 0 aliphatic heterocycles. The molecule has 6 heteroatoms. The Morgan fingerprint density at radius 3 is 2.76 bits per heavy atom. The summed E-state index contributed by atoms with van der Waals surface area (Å²) in [5, 5.41) is 8.57. The van der Waals surface area contributed by atoms with Gasteiger partial charge >= 0.3 is 0 Å². The van der Waals surface area contributed by atoms with Gasteiger partial charge in [-0.3, -0.25) is 10.1 Å². The molecule has 0 bridgehead atoms. The van der Waals surface area contributed by atoms with Crippen molar-refractivity contribution in [1.82, 2.24) is 5.32 Å². The predicted molar refractivity (Wildman–Crippen MR) is 82.5 cm³/mol. The molecule has 2 rings (SSSR count). The van der Waals surface area contributed by atoms with E-state index in [4.69, 9.17) is 11.3 Å². The first-order chi connectivity index (χ1) is 10.1. The number of primary amides is 1. The summed E-state index contributed by atoms with van der Waals surface area (Å²) in [4.78, 5) is 14.7. The van der Waals surface area contributed by atoms with Gasteiger partial charge in [-0.1, -0.05) is 47.6 Å². The van der Waals surface area contributed by atoms with Crippen LogP contribution in [0, 0.1) is 0 Å². The monoisotopic (exact) mass is 283 g/mol. The van der Waals surface area contributed by atoms with Crippen LogP contribution in [0.3, 0.4) is 0 Å². The van der Waals surface area contributed by atoms with Crippen LogP contribution in [-0.4, -0.2) is 19.0 Å². The van der Waals surface area contributed by atoms with Crippen LogP contribution in [0.15, 0.2) is 47.6 Å². The summed E-state index contributed by atoms with van der Waals surface area (Å²) in [5.41, 5.74) is 13.7. The highest BCUT2D eigenvalue weighted by Gasteiger charge is 2.33. The third-order valence-corrected chi connectivity index (χ3v) is 3.57. The molecule has 108 valence electrons. The third-order valence-electron chi connectivity index (χ3n) is 3.57. The van der Waals surface area contributed by atoms with E-state index in [-0.39, 0.29) is 6.54 Å². The van der Waals surface area contributed by atoms with E-state index in [1.54, 1.807) is 6.92 Å². The van der Waals surface area contributed by atoms with Gasteiger partial charge in [-0.25, -0.2) is 0 Å². The number of fused-ring (bicyclic) bond motifs is 1. The molecule has 0 radical (unpaired) electrons. The molecule has 0 heterocycles. The van der Waals surface area contributed by atoms with Gasteiger partial charge in [-0.2, -0.15) is 0 Å². The molecule has 0 saturated heterocycles. The van der Waals surface area contributed by atoms with E-state index in [0.29, 0.717) is 6.54 Å². The fourth-order valence-electron chi connectivity index (χ4n) is 2.38. The molecule has 1 unspecified atom stereocenters. The van der Waals surface area contributed by atoms with Crippen LogP contribution >= 0.6 is 0 Å². The highest BCUT2D eigenvalue weighted by molar-refractivity contribution is 5.94. The standard InChI is InChI=1S/C15H17N5O/c1-15(14(16)21,18-9-10-19-20-17)13-8-4-6-11-5-2-3-7-12(11)13/h2-8,18H,9-10H2,1H3,(H2,16,21). The first kappa shape index (κ1) is 14.8. The number of carbonyl (C=O) groups excluding carboxylic acids is 1. The SMILES string of the molecule is CC(NCCN=[N+]=[N-])(C(N)=O)c1cccc2ccccc12. The molecule has 1 atom stereocenters. The van der Waals surface area contributed by atoms with Crippen molar-refractivity contribution in [3.63, 3.8) is 0 Å². The summed E-state index contributed by atoms with van der Waals surface area (Å²) in [5.74, 6) is -0.472. The van der Waals surface area contributed by atoms with Crippen molar-refractivity contribution < 1.29 is 4.79 Å². The lowest BCUT2D eigenvalue weighted by Gasteiger charge is -2.29. The fraction of sp³-hybridized carbons (Fsp3) is 0.267. The summed E-state index contributed by atoms with van der Waals surface area (Å²) in [6.07, 6.45) is 0. The summed E-state index contributed by atoms with van der Waals surface area (Å²) < 4.78 is 0. The van der Waals surface area contributed by atoms with Gasteiger partial charge in [0.15, 0.2) is 0 Å². The number of benzene rings is 2. The number of nitrogens with two attached hydrogens (primary N) is 1. The number of azide groups is 1. The number of rotatable bonds is 6. The second kappa shape index (κ2) is 6.26. The van der Waals surface area contributed by atoms with Crippen molar-refractivity contribution in [2.45, 2.75) is 12.5 Å². The first-order valence-electron chi connectivity index (χ1n) is 6.63. The molecule has 0 aliphatic rings. The normalized spacial score (nSPS) is 13.4. The van der Waals surface area contributed by atoms with E-state index >= 15 is 0 Å². The van der Waals surface area contributed by atoms with Crippen LogP contribution in [0.1, 0.15) is 12.5 Å². The second-order valence-corrected chi connectivity index (χ2v) is 4.90. The highest BCUT2D eigenvalue weighted by Crippen LogP contribution is 2.28. The molecule has 0 fully saturated rings. The van der Waals surface area contributed by atoms with E-state index in [9.17, 15) is 4.79 Å². The first-order valence-corrected chi connectivity index (χ1v) is 6.63. The van der Waals surface area contributed by atoms with E-state index in [1.165, 1.54) is 0 Å². The highest BCUT2D eigenvalue weighted by atomic mass is 16.1. The zero-order valence-corrected chi connectivity index (χ0v) is 11.8. The summed E-state index contributed by atoms with van der Waals surface area (Å²) in [7, 11) is 0. The number of nitrogens with one attached hydrogen (secondary N) is 1. The Morgan fingerprint density at radius 1 is 1.33 bits per heavy atom. The number of nitrogens with zero attached hydrogens (tertiary/aromatic N) is 3. The fourth-order valence-corrected chi connectivity index (χ4v) is 2.38. The van der Waals surface area contributed by atoms with E-state index in [2.05, 4.69) is 15.3 Å². The molecule has 2 aromatic rings. The minimum Gasteiger partial charge on any atom is -0.368 e. The van der Waals surface area contributed by atoms with Crippen molar-refractivity contribution in [3.8, 4) is 0 Å². The molecule has 0 saturated carbocycles.